The van der Waals surface area contributed by atoms with Crippen LogP contribution in [0.5, 0.6) is 0 Å². The van der Waals surface area contributed by atoms with E-state index in [1.54, 1.807) is 19.4 Å². The summed E-state index contributed by atoms with van der Waals surface area (Å²) >= 11 is 0. The second-order valence-corrected chi connectivity index (χ2v) is 5.51. The zero-order valence-corrected chi connectivity index (χ0v) is 15.5. The molecule has 3 N–H and O–H groups in total. The Bertz CT molecular complexity index is 626. The number of H-pyrrole nitrogens is 1. The second kappa shape index (κ2) is 12.0. The molecule has 2 aromatic heterocycles. The Morgan fingerprint density at radius 1 is 1.23 bits per heavy atom. The number of aromatic nitrogens is 3. The summed E-state index contributed by atoms with van der Waals surface area (Å²) in [7, 11) is 1.71. The number of ether oxygens (including phenoxy) is 2. The van der Waals surface area contributed by atoms with Gasteiger partial charge in [-0.05, 0) is 18.6 Å². The summed E-state index contributed by atoms with van der Waals surface area (Å²) in [6.45, 7) is 5.90. The Morgan fingerprint density at radius 3 is 2.81 bits per heavy atom. The lowest BCUT2D eigenvalue weighted by molar-refractivity contribution is 0.0487. The molecular weight excluding hydrogens is 336 g/mol. The largest absolute Gasteiger partial charge is 0.461 e. The molecule has 0 saturated heterocycles. The van der Waals surface area contributed by atoms with Crippen molar-refractivity contribution in [2.75, 3.05) is 40.0 Å². The quantitative estimate of drug-likeness (QED) is 0.298. The van der Waals surface area contributed by atoms with E-state index in [0.717, 1.165) is 19.4 Å². The number of guanidine groups is 1. The molecule has 0 aliphatic rings. The zero-order valence-electron chi connectivity index (χ0n) is 15.5. The van der Waals surface area contributed by atoms with Crippen LogP contribution >= 0.6 is 0 Å². The van der Waals surface area contributed by atoms with Gasteiger partial charge in [-0.2, -0.15) is 0 Å². The Hall–Kier alpha value is -2.39. The molecule has 0 aliphatic carbocycles. The standard InChI is InChI=1S/C17H28N6O3/c1-3-4-8-24-11-12-25-10-7-19-17(18-2)20-13-15-21-16(23-22-15)14-6-5-9-26-14/h5-6,9H,3-4,7-8,10-13H2,1-2H3,(H2,18,19,20)(H,21,22,23). The Kier molecular flexibility index (Phi) is 9.23. The van der Waals surface area contributed by atoms with Crippen molar-refractivity contribution in [2.45, 2.75) is 26.3 Å². The van der Waals surface area contributed by atoms with Gasteiger partial charge in [0.15, 0.2) is 11.7 Å². The third-order valence-corrected chi connectivity index (χ3v) is 3.47. The number of aliphatic imine (C=N–C) groups is 1. The highest BCUT2D eigenvalue weighted by Crippen LogP contribution is 2.14. The van der Waals surface area contributed by atoms with Crippen LogP contribution in [0.3, 0.4) is 0 Å². The van der Waals surface area contributed by atoms with E-state index < -0.39 is 0 Å². The molecule has 144 valence electrons. The highest BCUT2D eigenvalue weighted by Gasteiger charge is 2.08. The van der Waals surface area contributed by atoms with Crippen molar-refractivity contribution in [2.24, 2.45) is 4.99 Å². The van der Waals surface area contributed by atoms with Crippen LogP contribution in [0.25, 0.3) is 11.6 Å². The van der Waals surface area contributed by atoms with Crippen LogP contribution in [0.2, 0.25) is 0 Å². The molecule has 0 aromatic carbocycles. The molecular formula is C17H28N6O3. The molecule has 2 heterocycles. The monoisotopic (exact) mass is 364 g/mol. The van der Waals surface area contributed by atoms with Crippen molar-refractivity contribution in [1.29, 1.82) is 0 Å². The lowest BCUT2D eigenvalue weighted by Gasteiger charge is -2.11. The fraction of sp³-hybridized carbons (Fsp3) is 0.588. The second-order valence-electron chi connectivity index (χ2n) is 5.51. The molecule has 9 heteroatoms. The van der Waals surface area contributed by atoms with Crippen molar-refractivity contribution >= 4 is 5.96 Å². The van der Waals surface area contributed by atoms with E-state index in [1.165, 1.54) is 0 Å². The van der Waals surface area contributed by atoms with E-state index in [9.17, 15) is 0 Å². The Labute approximate surface area is 153 Å². The fourth-order valence-corrected chi connectivity index (χ4v) is 2.09. The molecule has 0 aliphatic heterocycles. The number of hydrogen-bond acceptors (Lipinski definition) is 6. The van der Waals surface area contributed by atoms with Crippen molar-refractivity contribution in [3.63, 3.8) is 0 Å². The number of nitrogens with zero attached hydrogens (tertiary/aromatic N) is 3. The minimum absolute atomic E-state index is 0.472. The van der Waals surface area contributed by atoms with Crippen molar-refractivity contribution in [3.05, 3.63) is 24.2 Å². The van der Waals surface area contributed by atoms with E-state index in [1.807, 2.05) is 6.07 Å². The van der Waals surface area contributed by atoms with Crippen molar-refractivity contribution < 1.29 is 13.9 Å². The molecule has 0 atom stereocenters. The van der Waals surface area contributed by atoms with Crippen LogP contribution in [0, 0.1) is 0 Å². The van der Waals surface area contributed by atoms with E-state index in [4.69, 9.17) is 13.9 Å². The van der Waals surface area contributed by atoms with Crippen molar-refractivity contribution in [1.82, 2.24) is 25.8 Å². The predicted molar refractivity (Wildman–Crippen MR) is 98.8 cm³/mol. The highest BCUT2D eigenvalue weighted by atomic mass is 16.5. The molecule has 9 nitrogen and oxygen atoms in total. The van der Waals surface area contributed by atoms with Gasteiger partial charge in [0.2, 0.25) is 5.82 Å². The van der Waals surface area contributed by atoms with E-state index in [0.29, 0.717) is 56.3 Å². The molecule has 0 fully saturated rings. The third kappa shape index (κ3) is 7.24. The van der Waals surface area contributed by atoms with Crippen molar-refractivity contribution in [3.8, 4) is 11.6 Å². The summed E-state index contributed by atoms with van der Waals surface area (Å²) in [6.07, 6.45) is 3.83. The van der Waals surface area contributed by atoms with E-state index in [-0.39, 0.29) is 0 Å². The van der Waals surface area contributed by atoms with Gasteiger partial charge in [0.1, 0.15) is 5.82 Å². The summed E-state index contributed by atoms with van der Waals surface area (Å²) in [5.41, 5.74) is 0. The molecule has 0 radical (unpaired) electrons. The van der Waals surface area contributed by atoms with E-state index >= 15 is 0 Å². The smallest absolute Gasteiger partial charge is 0.216 e. The van der Waals surface area contributed by atoms with Gasteiger partial charge >= 0.3 is 0 Å². The molecule has 2 aromatic rings. The van der Waals surface area contributed by atoms with Gasteiger partial charge < -0.3 is 24.5 Å². The highest BCUT2D eigenvalue weighted by molar-refractivity contribution is 5.79. The number of rotatable bonds is 12. The number of hydrogen-bond donors (Lipinski definition) is 3. The molecule has 26 heavy (non-hydrogen) atoms. The third-order valence-electron chi connectivity index (χ3n) is 3.47. The number of nitrogens with one attached hydrogen (secondary N) is 3. The summed E-state index contributed by atoms with van der Waals surface area (Å²) in [6, 6.07) is 3.62. The lowest BCUT2D eigenvalue weighted by Crippen LogP contribution is -2.38. The lowest BCUT2D eigenvalue weighted by atomic mass is 10.4. The SMILES string of the molecule is CCCCOCCOCCNC(=NC)NCc1nc(-c2ccco2)n[nH]1. The fourth-order valence-electron chi connectivity index (χ4n) is 2.09. The van der Waals surface area contributed by atoms with Crippen LogP contribution in [0.1, 0.15) is 25.6 Å². The molecule has 0 amide bonds. The molecule has 0 unspecified atom stereocenters. The van der Waals surface area contributed by atoms with Gasteiger partial charge in [0.05, 0.1) is 32.6 Å². The normalized spacial score (nSPS) is 11.7. The topological polar surface area (TPSA) is 110 Å². The molecule has 2 rings (SSSR count). The predicted octanol–water partition coefficient (Wildman–Crippen LogP) is 1.56. The summed E-state index contributed by atoms with van der Waals surface area (Å²) in [4.78, 5) is 8.53. The van der Waals surface area contributed by atoms with Crippen LogP contribution in [-0.4, -0.2) is 61.2 Å². The van der Waals surface area contributed by atoms with Crippen LogP contribution in [0.4, 0.5) is 0 Å². The number of aromatic amines is 1. The van der Waals surface area contributed by atoms with Gasteiger partial charge in [0.25, 0.3) is 0 Å². The summed E-state index contributed by atoms with van der Waals surface area (Å²) in [5, 5.41) is 13.3. The summed E-state index contributed by atoms with van der Waals surface area (Å²) < 4.78 is 16.2. The molecule has 0 spiro atoms. The van der Waals surface area contributed by atoms with E-state index in [2.05, 4.69) is 37.7 Å². The Balaban J connectivity index is 1.57. The van der Waals surface area contributed by atoms with Gasteiger partial charge in [-0.3, -0.25) is 10.1 Å². The van der Waals surface area contributed by atoms with Crippen LogP contribution in [0.15, 0.2) is 27.8 Å². The number of unbranched alkanes of at least 4 members (excludes halogenated alkanes) is 1. The first-order valence-corrected chi connectivity index (χ1v) is 8.88. The van der Waals surface area contributed by atoms with Gasteiger partial charge in [-0.25, -0.2) is 4.98 Å². The maximum atomic E-state index is 5.51. The van der Waals surface area contributed by atoms with Crippen LogP contribution < -0.4 is 10.6 Å². The zero-order chi connectivity index (χ0) is 18.5. The first-order valence-electron chi connectivity index (χ1n) is 8.88. The average Bonchev–Trinajstić information content (AvgIpc) is 3.34. The number of furan rings is 1. The maximum Gasteiger partial charge on any atom is 0.216 e. The first-order chi connectivity index (χ1) is 12.8. The minimum Gasteiger partial charge on any atom is -0.461 e. The average molecular weight is 364 g/mol. The van der Waals surface area contributed by atoms with Gasteiger partial charge in [0, 0.05) is 20.2 Å². The Morgan fingerprint density at radius 2 is 2.08 bits per heavy atom. The van der Waals surface area contributed by atoms with Crippen LogP contribution in [-0.2, 0) is 16.0 Å². The minimum atomic E-state index is 0.472. The van der Waals surface area contributed by atoms with Gasteiger partial charge in [-0.15, -0.1) is 5.10 Å². The molecule has 0 saturated carbocycles. The molecule has 0 bridgehead atoms. The maximum absolute atomic E-state index is 5.51. The van der Waals surface area contributed by atoms with Gasteiger partial charge in [-0.1, -0.05) is 13.3 Å². The summed E-state index contributed by atoms with van der Waals surface area (Å²) in [5.74, 6) is 2.53. The first kappa shape index (κ1) is 19.9.